The van der Waals surface area contributed by atoms with Crippen LogP contribution in [0.4, 0.5) is 19.2 Å². The first-order chi connectivity index (χ1) is 31.6. The Hall–Kier alpha value is -6.85. The van der Waals surface area contributed by atoms with Crippen molar-refractivity contribution >= 4 is 42.2 Å². The van der Waals surface area contributed by atoms with E-state index in [-0.39, 0.29) is 65.3 Å². The van der Waals surface area contributed by atoms with Gasteiger partial charge in [-0.25, -0.2) is 24.0 Å². The summed E-state index contributed by atoms with van der Waals surface area (Å²) < 4.78 is 27.8. The number of hydrogen-bond acceptors (Lipinski definition) is 12. The van der Waals surface area contributed by atoms with Crippen LogP contribution in [-0.2, 0) is 57.9 Å². The number of alkyl carbamates (subject to hydrolysis) is 1. The van der Waals surface area contributed by atoms with Crippen molar-refractivity contribution in [1.29, 1.82) is 0 Å². The van der Waals surface area contributed by atoms with Gasteiger partial charge in [0.1, 0.15) is 36.5 Å². The SMILES string of the molecule is COC(=O)[C@@]1(CNC(=O)[C@@]2(CNC(=O)[C@@]3(CNC(=O)OC(C)(C)C)CCCN3C(=O)OCc3ccccc3)CCCN2C(=O)OCc2ccccc2)CCCN1C(=O)OCc1ccccc1. The van der Waals surface area contributed by atoms with Gasteiger partial charge in [0.25, 0.3) is 0 Å². The average Bonchev–Trinajstić information content (AvgIpc) is 4.08. The predicted octanol–water partition coefficient (Wildman–Crippen LogP) is 5.43. The first kappa shape index (κ1) is 48.6. The summed E-state index contributed by atoms with van der Waals surface area (Å²) in [5, 5.41) is 8.40. The molecule has 3 aromatic carbocycles. The third kappa shape index (κ3) is 11.3. The Bertz CT molecular complexity index is 2190. The van der Waals surface area contributed by atoms with E-state index < -0.39 is 77.5 Å². The molecule has 0 aromatic heterocycles. The molecule has 3 saturated heterocycles. The predicted molar refractivity (Wildman–Crippen MR) is 238 cm³/mol. The van der Waals surface area contributed by atoms with Gasteiger partial charge in [-0.15, -0.1) is 0 Å². The lowest BCUT2D eigenvalue weighted by molar-refractivity contribution is -0.153. The third-order valence-electron chi connectivity index (χ3n) is 12.2. The molecular weight excluding hydrogens is 853 g/mol. The van der Waals surface area contributed by atoms with Gasteiger partial charge in [0, 0.05) is 19.6 Å². The number of nitrogens with zero attached hydrogens (tertiary/aromatic N) is 3. The van der Waals surface area contributed by atoms with Gasteiger partial charge < -0.3 is 39.6 Å². The van der Waals surface area contributed by atoms with Crippen molar-refractivity contribution in [3.05, 3.63) is 108 Å². The molecule has 3 N–H and O–H groups in total. The summed E-state index contributed by atoms with van der Waals surface area (Å²) in [7, 11) is 1.19. The normalized spacial score (nSPS) is 21.4. The van der Waals surface area contributed by atoms with Gasteiger partial charge in [0.15, 0.2) is 5.54 Å². The highest BCUT2D eigenvalue weighted by molar-refractivity contribution is 5.95. The first-order valence-electron chi connectivity index (χ1n) is 22.2. The molecule has 18 heteroatoms. The van der Waals surface area contributed by atoms with E-state index in [1.165, 1.54) is 21.8 Å². The van der Waals surface area contributed by atoms with Gasteiger partial charge in [-0.2, -0.15) is 0 Å². The third-order valence-corrected chi connectivity index (χ3v) is 12.2. The molecule has 66 heavy (non-hydrogen) atoms. The van der Waals surface area contributed by atoms with Crippen molar-refractivity contribution in [1.82, 2.24) is 30.7 Å². The minimum Gasteiger partial charge on any atom is -0.467 e. The smallest absolute Gasteiger partial charge is 0.411 e. The Morgan fingerprint density at radius 2 is 0.848 bits per heavy atom. The Morgan fingerprint density at radius 1 is 0.515 bits per heavy atom. The van der Waals surface area contributed by atoms with Gasteiger partial charge in [-0.1, -0.05) is 91.0 Å². The Morgan fingerprint density at radius 3 is 1.21 bits per heavy atom. The van der Waals surface area contributed by atoms with Gasteiger partial charge in [-0.05, 0) is 76.0 Å². The quantitative estimate of drug-likeness (QED) is 0.129. The highest BCUT2D eigenvalue weighted by atomic mass is 16.6. The van der Waals surface area contributed by atoms with Gasteiger partial charge >= 0.3 is 30.3 Å². The molecule has 0 spiro atoms. The van der Waals surface area contributed by atoms with Crippen LogP contribution in [0.1, 0.15) is 76.0 Å². The Kier molecular flexibility index (Phi) is 15.8. The first-order valence-corrected chi connectivity index (χ1v) is 22.2. The minimum absolute atomic E-state index is 0.0552. The molecule has 3 heterocycles. The van der Waals surface area contributed by atoms with Crippen molar-refractivity contribution in [3.8, 4) is 0 Å². The average molecular weight is 913 g/mol. The molecule has 0 saturated carbocycles. The number of amides is 6. The number of ether oxygens (including phenoxy) is 5. The lowest BCUT2D eigenvalue weighted by Gasteiger charge is -2.41. The van der Waals surface area contributed by atoms with Crippen LogP contribution in [0.2, 0.25) is 0 Å². The van der Waals surface area contributed by atoms with E-state index in [1.54, 1.807) is 93.6 Å². The van der Waals surface area contributed by atoms with E-state index in [4.69, 9.17) is 23.7 Å². The van der Waals surface area contributed by atoms with E-state index in [0.29, 0.717) is 24.8 Å². The van der Waals surface area contributed by atoms with Crippen LogP contribution in [0, 0.1) is 0 Å². The lowest BCUT2D eigenvalue weighted by atomic mass is 9.90. The number of nitrogens with one attached hydrogen (secondary N) is 3. The summed E-state index contributed by atoms with van der Waals surface area (Å²) in [6, 6.07) is 27.0. The molecule has 354 valence electrons. The molecule has 0 radical (unpaired) electrons. The monoisotopic (exact) mass is 912 g/mol. The number of esters is 1. The highest BCUT2D eigenvalue weighted by Gasteiger charge is 2.57. The van der Waals surface area contributed by atoms with E-state index in [2.05, 4.69) is 16.0 Å². The van der Waals surface area contributed by atoms with E-state index in [1.807, 2.05) is 18.2 Å². The largest absolute Gasteiger partial charge is 0.467 e. The molecule has 3 aliphatic heterocycles. The molecule has 18 nitrogen and oxygen atoms in total. The number of carbonyl (C=O) groups excluding carboxylic acids is 7. The number of carbonyl (C=O) groups is 7. The molecule has 0 bridgehead atoms. The molecule has 0 aliphatic carbocycles. The molecular formula is C48H60N6O12. The molecule has 3 aromatic rings. The Labute approximate surface area is 384 Å². The fraction of sp³-hybridized carbons (Fsp3) is 0.479. The van der Waals surface area contributed by atoms with Crippen LogP contribution in [0.15, 0.2) is 91.0 Å². The van der Waals surface area contributed by atoms with Crippen LogP contribution in [0.5, 0.6) is 0 Å². The summed E-state index contributed by atoms with van der Waals surface area (Å²) in [5.41, 5.74) is -3.88. The van der Waals surface area contributed by atoms with Crippen molar-refractivity contribution in [2.24, 2.45) is 0 Å². The zero-order valence-corrected chi connectivity index (χ0v) is 38.0. The van der Waals surface area contributed by atoms with Crippen molar-refractivity contribution in [2.45, 2.75) is 101 Å². The molecule has 0 unspecified atom stereocenters. The number of benzene rings is 3. The summed E-state index contributed by atoms with van der Waals surface area (Å²) in [5.74, 6) is -2.24. The number of likely N-dealkylation sites (tertiary alicyclic amines) is 3. The van der Waals surface area contributed by atoms with E-state index >= 15 is 0 Å². The number of hydrogen-bond donors (Lipinski definition) is 3. The Balaban J connectivity index is 1.27. The van der Waals surface area contributed by atoms with Gasteiger partial charge in [0.2, 0.25) is 11.8 Å². The second-order valence-electron chi connectivity index (χ2n) is 17.7. The maximum absolute atomic E-state index is 15.0. The number of methoxy groups -OCH3 is 1. The van der Waals surface area contributed by atoms with Crippen molar-refractivity contribution in [3.63, 3.8) is 0 Å². The van der Waals surface area contributed by atoms with Crippen LogP contribution >= 0.6 is 0 Å². The summed E-state index contributed by atoms with van der Waals surface area (Å²) in [4.78, 5) is 102. The van der Waals surface area contributed by atoms with Crippen LogP contribution in [-0.4, -0.2) is 125 Å². The van der Waals surface area contributed by atoms with Crippen LogP contribution < -0.4 is 16.0 Å². The van der Waals surface area contributed by atoms with E-state index in [0.717, 1.165) is 11.1 Å². The maximum Gasteiger partial charge on any atom is 0.411 e. The summed E-state index contributed by atoms with van der Waals surface area (Å²) in [6.07, 6.45) is -1.84. The van der Waals surface area contributed by atoms with Crippen LogP contribution in [0.25, 0.3) is 0 Å². The number of rotatable bonds is 15. The van der Waals surface area contributed by atoms with Crippen molar-refractivity contribution in [2.75, 3.05) is 46.4 Å². The standard InChI is InChI=1S/C48H60N6O12/c1-45(2,3)66-41(58)51-33-47(24-15-27-53(47)43(60)64-30-36-19-10-6-11-20-36)39(56)49-32-46(23-14-26-52(46)42(59)63-29-35-17-8-5-9-18-35)38(55)50-34-48(40(57)62-4)25-16-28-54(48)44(61)65-31-37-21-12-7-13-22-37/h5-13,17-22H,14-16,23-34H2,1-4H3,(H,49,56)(H,50,55)(H,51,58)/t46-,47-,48-/m0/s1. The highest BCUT2D eigenvalue weighted by Crippen LogP contribution is 2.35. The molecule has 6 rings (SSSR count). The zero-order chi connectivity index (χ0) is 47.4. The van der Waals surface area contributed by atoms with Gasteiger partial charge in [0.05, 0.1) is 26.7 Å². The molecule has 3 atom stereocenters. The second-order valence-corrected chi connectivity index (χ2v) is 17.7. The summed E-state index contributed by atoms with van der Waals surface area (Å²) in [6.45, 7) is 3.91. The summed E-state index contributed by atoms with van der Waals surface area (Å²) >= 11 is 0. The van der Waals surface area contributed by atoms with E-state index in [9.17, 15) is 33.6 Å². The van der Waals surface area contributed by atoms with Gasteiger partial charge in [-0.3, -0.25) is 24.3 Å². The molecule has 3 fully saturated rings. The molecule has 3 aliphatic rings. The second kappa shape index (κ2) is 21.4. The fourth-order valence-electron chi connectivity index (χ4n) is 8.80. The zero-order valence-electron chi connectivity index (χ0n) is 38.0. The maximum atomic E-state index is 15.0. The topological polar surface area (TPSA) is 211 Å². The molecule has 6 amide bonds. The fourth-order valence-corrected chi connectivity index (χ4v) is 8.80. The minimum atomic E-state index is -1.80. The van der Waals surface area contributed by atoms with Crippen LogP contribution in [0.3, 0.4) is 0 Å². The lowest BCUT2D eigenvalue weighted by Crippen LogP contribution is -2.68. The van der Waals surface area contributed by atoms with Crippen molar-refractivity contribution < 1.29 is 57.2 Å².